The maximum atomic E-state index is 14.9. The van der Waals surface area contributed by atoms with Gasteiger partial charge in [0.15, 0.2) is 11.1 Å². The monoisotopic (exact) mass is 415 g/mol. The lowest BCUT2D eigenvalue weighted by molar-refractivity contribution is 0.418. The molecule has 0 saturated carbocycles. The number of halogens is 2. The van der Waals surface area contributed by atoms with E-state index in [9.17, 15) is 8.78 Å². The Balaban J connectivity index is 1.80. The second kappa shape index (κ2) is 7.22. The number of aromatic nitrogens is 3. The summed E-state index contributed by atoms with van der Waals surface area (Å²) in [5.41, 5.74) is 6.78. The minimum Gasteiger partial charge on any atom is -0.446 e. The summed E-state index contributed by atoms with van der Waals surface area (Å²) in [7, 11) is 0. The molecule has 0 radical (unpaired) electrons. The van der Waals surface area contributed by atoms with Crippen molar-refractivity contribution in [3.05, 3.63) is 65.4 Å². The Bertz CT molecular complexity index is 1100. The van der Waals surface area contributed by atoms with E-state index in [0.29, 0.717) is 28.8 Å². The molecule has 1 aliphatic rings. The van der Waals surface area contributed by atoms with Gasteiger partial charge in [0.05, 0.1) is 16.5 Å². The van der Waals surface area contributed by atoms with Gasteiger partial charge in [-0.25, -0.2) is 23.7 Å². The van der Waals surface area contributed by atoms with Crippen LogP contribution in [-0.2, 0) is 5.54 Å². The van der Waals surface area contributed by atoms with Gasteiger partial charge in [0.1, 0.15) is 23.7 Å². The third kappa shape index (κ3) is 3.62. The number of hydrogen-bond donors (Lipinski definition) is 1. The number of amidine groups is 1. The number of hydrogen-bond acceptors (Lipinski definition) is 7. The predicted molar refractivity (Wildman–Crippen MR) is 107 cm³/mol. The molecule has 3 aromatic rings. The minimum absolute atomic E-state index is 0.164. The number of aliphatic imine (C=N–C) groups is 1. The fourth-order valence-corrected chi connectivity index (χ4v) is 4.93. The molecule has 0 amide bonds. The van der Waals surface area contributed by atoms with Gasteiger partial charge in [0.2, 0.25) is 0 Å². The van der Waals surface area contributed by atoms with Crippen molar-refractivity contribution in [3.63, 3.8) is 0 Å². The van der Waals surface area contributed by atoms with Crippen molar-refractivity contribution in [3.8, 4) is 11.1 Å². The Morgan fingerprint density at radius 1 is 1.17 bits per heavy atom. The van der Waals surface area contributed by atoms with Crippen molar-refractivity contribution in [2.75, 3.05) is 0 Å². The average Bonchev–Trinajstić information content (AvgIpc) is 3.00. The highest BCUT2D eigenvalue weighted by Gasteiger charge is 2.39. The fourth-order valence-electron chi connectivity index (χ4n) is 3.65. The minimum atomic E-state index is -0.999. The molecule has 0 unspecified atom stereocenters. The number of rotatable bonds is 3. The first-order valence-corrected chi connectivity index (χ1v) is 9.85. The smallest absolute Gasteiger partial charge is 0.191 e. The number of nitrogens with two attached hydrogens (primary N) is 1. The Hall–Kier alpha value is -2.81. The first kappa shape index (κ1) is 19.5. The van der Waals surface area contributed by atoms with Gasteiger partial charge in [-0.15, -0.1) is 0 Å². The Kier molecular flexibility index (Phi) is 4.85. The van der Waals surface area contributed by atoms with Gasteiger partial charge in [-0.3, -0.25) is 4.99 Å². The maximum Gasteiger partial charge on any atom is 0.191 e. The van der Waals surface area contributed by atoms with Gasteiger partial charge in [0, 0.05) is 42.1 Å². The van der Waals surface area contributed by atoms with E-state index in [1.165, 1.54) is 36.5 Å². The SMILES string of the molecule is Cc1nc([C@H]2C[C@](C)(c3cc(-c4cncnc4)c(F)cc3F)N=C(N)S2)c(C)o1. The van der Waals surface area contributed by atoms with E-state index in [2.05, 4.69) is 19.9 Å². The Labute approximate surface area is 170 Å². The van der Waals surface area contributed by atoms with E-state index in [4.69, 9.17) is 10.2 Å². The third-order valence-electron chi connectivity index (χ3n) is 4.96. The van der Waals surface area contributed by atoms with Gasteiger partial charge in [-0.2, -0.15) is 0 Å². The lowest BCUT2D eigenvalue weighted by Gasteiger charge is -2.34. The van der Waals surface area contributed by atoms with Crippen LogP contribution in [0, 0.1) is 25.5 Å². The summed E-state index contributed by atoms with van der Waals surface area (Å²) in [6.45, 7) is 5.39. The molecule has 2 N–H and O–H groups in total. The zero-order chi connectivity index (χ0) is 20.8. The second-order valence-corrected chi connectivity index (χ2v) is 8.37. The largest absolute Gasteiger partial charge is 0.446 e. The zero-order valence-electron chi connectivity index (χ0n) is 16.1. The molecule has 1 aromatic carbocycles. The quantitative estimate of drug-likeness (QED) is 0.680. The van der Waals surface area contributed by atoms with Crippen LogP contribution in [0.15, 0.2) is 40.3 Å². The lowest BCUT2D eigenvalue weighted by Crippen LogP contribution is -2.31. The van der Waals surface area contributed by atoms with Crippen molar-refractivity contribution in [1.29, 1.82) is 0 Å². The van der Waals surface area contributed by atoms with Crippen molar-refractivity contribution in [1.82, 2.24) is 15.0 Å². The molecule has 3 heterocycles. The van der Waals surface area contributed by atoms with Crippen LogP contribution in [0.5, 0.6) is 0 Å². The summed E-state index contributed by atoms with van der Waals surface area (Å²) >= 11 is 1.36. The molecule has 29 heavy (non-hydrogen) atoms. The molecular formula is C20H19F2N5OS. The topological polar surface area (TPSA) is 90.2 Å². The van der Waals surface area contributed by atoms with E-state index in [1.54, 1.807) is 13.8 Å². The Morgan fingerprint density at radius 3 is 2.55 bits per heavy atom. The van der Waals surface area contributed by atoms with Crippen molar-refractivity contribution in [2.45, 2.75) is 38.0 Å². The first-order valence-electron chi connectivity index (χ1n) is 8.97. The molecule has 0 bridgehead atoms. The van der Waals surface area contributed by atoms with Crippen LogP contribution in [0.25, 0.3) is 11.1 Å². The number of benzene rings is 1. The number of nitrogens with zero attached hydrogens (tertiary/aromatic N) is 4. The van der Waals surface area contributed by atoms with E-state index in [-0.39, 0.29) is 16.4 Å². The molecule has 0 fully saturated rings. The van der Waals surface area contributed by atoms with E-state index in [1.807, 2.05) is 6.92 Å². The van der Waals surface area contributed by atoms with Gasteiger partial charge in [0.25, 0.3) is 0 Å². The van der Waals surface area contributed by atoms with Crippen LogP contribution in [0.3, 0.4) is 0 Å². The van der Waals surface area contributed by atoms with Crippen molar-refractivity contribution < 1.29 is 13.2 Å². The number of aryl methyl sites for hydroxylation is 2. The highest BCUT2D eigenvalue weighted by Crippen LogP contribution is 2.48. The van der Waals surface area contributed by atoms with Crippen LogP contribution in [0.4, 0.5) is 8.78 Å². The first-order chi connectivity index (χ1) is 13.8. The molecule has 150 valence electrons. The van der Waals surface area contributed by atoms with E-state index < -0.39 is 17.2 Å². The summed E-state index contributed by atoms with van der Waals surface area (Å²) in [6.07, 6.45) is 4.74. The summed E-state index contributed by atoms with van der Waals surface area (Å²) in [5.74, 6) is -0.119. The molecular weight excluding hydrogens is 396 g/mol. The van der Waals surface area contributed by atoms with E-state index >= 15 is 0 Å². The molecule has 0 aliphatic carbocycles. The molecule has 0 spiro atoms. The van der Waals surface area contributed by atoms with Crippen molar-refractivity contribution >= 4 is 16.9 Å². The highest BCUT2D eigenvalue weighted by molar-refractivity contribution is 8.14. The van der Waals surface area contributed by atoms with Crippen molar-refractivity contribution in [2.24, 2.45) is 10.7 Å². The highest BCUT2D eigenvalue weighted by atomic mass is 32.2. The zero-order valence-corrected chi connectivity index (χ0v) is 16.9. The van der Waals surface area contributed by atoms with Crippen LogP contribution in [0.1, 0.15) is 41.5 Å². The summed E-state index contributed by atoms with van der Waals surface area (Å²) < 4.78 is 34.9. The fraction of sp³-hybridized carbons (Fsp3) is 0.300. The molecule has 1 aliphatic heterocycles. The summed E-state index contributed by atoms with van der Waals surface area (Å²) in [4.78, 5) is 16.8. The van der Waals surface area contributed by atoms with Gasteiger partial charge < -0.3 is 10.2 Å². The molecule has 0 saturated heterocycles. The third-order valence-corrected chi connectivity index (χ3v) is 5.96. The van der Waals surface area contributed by atoms with E-state index in [0.717, 1.165) is 11.8 Å². The van der Waals surface area contributed by atoms with Crippen LogP contribution >= 0.6 is 11.8 Å². The molecule has 2 atom stereocenters. The summed E-state index contributed by atoms with van der Waals surface area (Å²) in [6, 6.07) is 2.34. The molecule has 9 heteroatoms. The molecule has 6 nitrogen and oxygen atoms in total. The second-order valence-electron chi connectivity index (χ2n) is 7.15. The van der Waals surface area contributed by atoms with Gasteiger partial charge >= 0.3 is 0 Å². The normalized spacial score (nSPS) is 21.8. The lowest BCUT2D eigenvalue weighted by atomic mass is 9.85. The summed E-state index contributed by atoms with van der Waals surface area (Å²) in [5, 5.41) is 0.153. The standard InChI is InChI=1S/C20H19F2N5OS/c1-10-18(26-11(2)28-10)17-6-20(3,27-19(23)29-17)14-4-13(15(21)5-16(14)22)12-7-24-9-25-8-12/h4-5,7-9,17H,6H2,1-3H3,(H2,23,27)/t17-,20-/m1/s1. The van der Waals surface area contributed by atoms with Crippen LogP contribution in [0.2, 0.25) is 0 Å². The number of oxazole rings is 1. The maximum absolute atomic E-state index is 14.9. The number of thioether (sulfide) groups is 1. The molecule has 4 rings (SSSR count). The van der Waals surface area contributed by atoms with Gasteiger partial charge in [-0.1, -0.05) is 11.8 Å². The van der Waals surface area contributed by atoms with Gasteiger partial charge in [-0.05, 0) is 26.3 Å². The predicted octanol–water partition coefficient (Wildman–Crippen LogP) is 4.43. The average molecular weight is 415 g/mol. The molecule has 2 aromatic heterocycles. The van der Waals surface area contributed by atoms with Crippen LogP contribution in [-0.4, -0.2) is 20.1 Å². The Morgan fingerprint density at radius 2 is 1.90 bits per heavy atom. The van der Waals surface area contributed by atoms with Crippen LogP contribution < -0.4 is 5.73 Å².